The maximum atomic E-state index is 13.0. The Balaban J connectivity index is 1.84. The average molecular weight is 437 g/mol. The molecule has 1 aromatic carbocycles. The van der Waals surface area contributed by atoms with Crippen LogP contribution in [0.3, 0.4) is 0 Å². The van der Waals surface area contributed by atoms with Crippen molar-refractivity contribution in [2.75, 3.05) is 20.2 Å². The van der Waals surface area contributed by atoms with Crippen molar-refractivity contribution in [2.45, 2.75) is 77.2 Å². The maximum Gasteiger partial charge on any atom is 0.410 e. The molecule has 7 heteroatoms. The summed E-state index contributed by atoms with van der Waals surface area (Å²) in [5, 5.41) is 0. The van der Waals surface area contributed by atoms with Crippen LogP contribution in [-0.2, 0) is 22.1 Å². The van der Waals surface area contributed by atoms with Crippen LogP contribution < -0.4 is 9.46 Å². The van der Waals surface area contributed by atoms with Crippen LogP contribution in [0.2, 0.25) is 0 Å². The Morgan fingerprint density at radius 3 is 2.33 bits per heavy atom. The minimum atomic E-state index is -1.20. The van der Waals surface area contributed by atoms with Crippen LogP contribution in [0, 0.1) is 5.41 Å². The Hall–Kier alpha value is -1.60. The molecule has 1 amide bonds. The number of ether oxygens (including phenoxy) is 2. The summed E-state index contributed by atoms with van der Waals surface area (Å²) in [5.41, 5.74) is 1.86. The van der Waals surface area contributed by atoms with Crippen molar-refractivity contribution in [1.82, 2.24) is 9.62 Å². The summed E-state index contributed by atoms with van der Waals surface area (Å²) in [5.74, 6) is 0.810. The van der Waals surface area contributed by atoms with Gasteiger partial charge >= 0.3 is 6.09 Å². The van der Waals surface area contributed by atoms with Crippen molar-refractivity contribution in [2.24, 2.45) is 5.41 Å². The van der Waals surface area contributed by atoms with Gasteiger partial charge < -0.3 is 14.4 Å². The summed E-state index contributed by atoms with van der Waals surface area (Å²) < 4.78 is 27.1. The molecule has 0 aromatic heterocycles. The van der Waals surface area contributed by atoms with Crippen LogP contribution in [0.4, 0.5) is 4.79 Å². The van der Waals surface area contributed by atoms with E-state index in [9.17, 15) is 9.00 Å². The summed E-state index contributed by atoms with van der Waals surface area (Å²) in [6.07, 6.45) is 2.33. The molecule has 2 aliphatic rings. The van der Waals surface area contributed by atoms with Crippen LogP contribution in [-0.4, -0.2) is 45.7 Å². The Labute approximate surface area is 183 Å². The van der Waals surface area contributed by atoms with Gasteiger partial charge in [-0.1, -0.05) is 6.07 Å². The fourth-order valence-electron chi connectivity index (χ4n) is 4.34. The smallest absolute Gasteiger partial charge is 0.410 e. The van der Waals surface area contributed by atoms with Gasteiger partial charge in [-0.3, -0.25) is 0 Å². The molecule has 2 atom stereocenters. The predicted octanol–water partition coefficient (Wildman–Crippen LogP) is 4.36. The summed E-state index contributed by atoms with van der Waals surface area (Å²) in [6.45, 7) is 12.9. The number of fused-ring (bicyclic) bond motifs is 1. The highest BCUT2D eigenvalue weighted by Gasteiger charge is 2.49. The minimum Gasteiger partial charge on any atom is -0.497 e. The lowest BCUT2D eigenvalue weighted by atomic mass is 9.73. The van der Waals surface area contributed by atoms with Crippen molar-refractivity contribution < 1.29 is 18.5 Å². The van der Waals surface area contributed by atoms with E-state index in [-0.39, 0.29) is 22.3 Å². The van der Waals surface area contributed by atoms with E-state index in [4.69, 9.17) is 9.47 Å². The average Bonchev–Trinajstić information content (AvgIpc) is 2.92. The molecule has 1 aliphatic heterocycles. The highest BCUT2D eigenvalue weighted by Crippen LogP contribution is 2.53. The summed E-state index contributed by atoms with van der Waals surface area (Å²) in [6, 6.07) is 6.15. The van der Waals surface area contributed by atoms with Gasteiger partial charge in [-0.05, 0) is 89.5 Å². The molecule has 1 aromatic rings. The van der Waals surface area contributed by atoms with Gasteiger partial charge in [0.15, 0.2) is 0 Å². The molecular weight excluding hydrogens is 400 g/mol. The molecule has 3 rings (SSSR count). The van der Waals surface area contributed by atoms with E-state index in [0.717, 1.165) is 30.6 Å². The monoisotopic (exact) mass is 436 g/mol. The van der Waals surface area contributed by atoms with E-state index in [1.165, 1.54) is 5.56 Å². The number of amides is 1. The van der Waals surface area contributed by atoms with Gasteiger partial charge in [0.25, 0.3) is 0 Å². The molecule has 0 bridgehead atoms. The molecule has 1 unspecified atom stereocenters. The van der Waals surface area contributed by atoms with Gasteiger partial charge in [0.2, 0.25) is 0 Å². The Bertz CT molecular complexity index is 817. The zero-order valence-corrected chi connectivity index (χ0v) is 20.1. The lowest BCUT2D eigenvalue weighted by Gasteiger charge is -2.44. The number of rotatable bonds is 3. The zero-order valence-electron chi connectivity index (χ0n) is 19.3. The van der Waals surface area contributed by atoms with Crippen molar-refractivity contribution >= 4 is 17.1 Å². The standard InChI is InChI=1S/C23H36N2O4S/c1-21(2,3)29-20(26)25-12-10-23(11-13-25)15-16-8-9-17(28-7)14-18(16)19(23)24-30(27)22(4,5)6/h8-9,14,19,24H,10-13,15H2,1-7H3/t19-,30?/m1/s1. The summed E-state index contributed by atoms with van der Waals surface area (Å²) >= 11 is 0. The minimum absolute atomic E-state index is 0.0385. The number of piperidine rings is 1. The first kappa shape index (κ1) is 23.1. The van der Waals surface area contributed by atoms with Gasteiger partial charge in [0.05, 0.1) is 28.9 Å². The van der Waals surface area contributed by atoms with Crippen LogP contribution >= 0.6 is 0 Å². The molecule has 168 valence electrons. The number of hydrogen-bond donors (Lipinski definition) is 1. The lowest BCUT2D eigenvalue weighted by Crippen LogP contribution is -2.49. The highest BCUT2D eigenvalue weighted by molar-refractivity contribution is 7.84. The number of likely N-dealkylation sites (tertiary alicyclic amines) is 1. The first-order valence-corrected chi connectivity index (χ1v) is 11.8. The van der Waals surface area contributed by atoms with Crippen molar-refractivity contribution in [3.8, 4) is 5.75 Å². The normalized spacial score (nSPS) is 22.0. The van der Waals surface area contributed by atoms with Crippen LogP contribution in [0.5, 0.6) is 5.75 Å². The fourth-order valence-corrected chi connectivity index (χ4v) is 5.28. The second kappa shape index (κ2) is 8.15. The molecule has 1 aliphatic carbocycles. The number of hydrogen-bond acceptors (Lipinski definition) is 4. The van der Waals surface area contributed by atoms with E-state index in [1.54, 1.807) is 12.0 Å². The fraction of sp³-hybridized carbons (Fsp3) is 0.696. The van der Waals surface area contributed by atoms with E-state index in [0.29, 0.717) is 13.1 Å². The topological polar surface area (TPSA) is 67.9 Å². The quantitative estimate of drug-likeness (QED) is 0.764. The number of benzene rings is 1. The Morgan fingerprint density at radius 1 is 1.17 bits per heavy atom. The third-order valence-corrected chi connectivity index (χ3v) is 7.57. The third-order valence-electron chi connectivity index (χ3n) is 6.01. The number of nitrogens with zero attached hydrogens (tertiary/aromatic N) is 1. The van der Waals surface area contributed by atoms with Crippen LogP contribution in [0.15, 0.2) is 18.2 Å². The number of methoxy groups -OCH3 is 1. The van der Waals surface area contributed by atoms with Gasteiger partial charge in [-0.25, -0.2) is 13.7 Å². The largest absolute Gasteiger partial charge is 0.497 e. The second-order valence-corrected chi connectivity index (χ2v) is 12.5. The van der Waals surface area contributed by atoms with Gasteiger partial charge in [-0.15, -0.1) is 0 Å². The first-order chi connectivity index (χ1) is 13.8. The number of carbonyl (C=O) groups excluding carboxylic acids is 1. The number of nitrogens with one attached hydrogen (secondary N) is 1. The molecule has 1 saturated heterocycles. The SMILES string of the molecule is COc1ccc2c(c1)[C@@H](NS(=O)C(C)(C)C)C1(CCN(C(=O)OC(C)(C)C)CC1)C2. The predicted molar refractivity (Wildman–Crippen MR) is 120 cm³/mol. The molecule has 1 heterocycles. The van der Waals surface area contributed by atoms with Crippen LogP contribution in [0.25, 0.3) is 0 Å². The summed E-state index contributed by atoms with van der Waals surface area (Å²) in [7, 11) is 0.470. The van der Waals surface area contributed by atoms with Gasteiger partial charge in [0, 0.05) is 13.1 Å². The number of carbonyl (C=O) groups is 1. The molecule has 0 radical (unpaired) electrons. The lowest BCUT2D eigenvalue weighted by molar-refractivity contribution is 0.00724. The molecular formula is C23H36N2O4S. The molecule has 0 saturated carbocycles. The maximum absolute atomic E-state index is 13.0. The van der Waals surface area contributed by atoms with Crippen molar-refractivity contribution in [3.63, 3.8) is 0 Å². The van der Waals surface area contributed by atoms with E-state index in [2.05, 4.69) is 16.9 Å². The molecule has 1 spiro atoms. The van der Waals surface area contributed by atoms with Crippen molar-refractivity contribution in [3.05, 3.63) is 29.3 Å². The van der Waals surface area contributed by atoms with Crippen molar-refractivity contribution in [1.29, 1.82) is 0 Å². The van der Waals surface area contributed by atoms with Crippen LogP contribution in [0.1, 0.15) is 71.6 Å². The molecule has 6 nitrogen and oxygen atoms in total. The van der Waals surface area contributed by atoms with E-state index in [1.807, 2.05) is 47.6 Å². The second-order valence-electron chi connectivity index (χ2n) is 10.5. The highest BCUT2D eigenvalue weighted by atomic mass is 32.2. The van der Waals surface area contributed by atoms with Gasteiger partial charge in [-0.2, -0.15) is 0 Å². The zero-order chi connectivity index (χ0) is 22.3. The molecule has 30 heavy (non-hydrogen) atoms. The Kier molecular flexibility index (Phi) is 6.27. The first-order valence-electron chi connectivity index (χ1n) is 10.7. The molecule has 1 N–H and O–H groups in total. The van der Waals surface area contributed by atoms with Gasteiger partial charge in [0.1, 0.15) is 11.4 Å². The summed E-state index contributed by atoms with van der Waals surface area (Å²) in [4.78, 5) is 14.3. The van der Waals surface area contributed by atoms with E-state index >= 15 is 0 Å². The Morgan fingerprint density at radius 2 is 1.80 bits per heavy atom. The van der Waals surface area contributed by atoms with E-state index < -0.39 is 16.6 Å². The third kappa shape index (κ3) is 4.83. The molecule has 1 fully saturated rings.